The Hall–Kier alpha value is -0.820. The van der Waals surface area contributed by atoms with Crippen molar-refractivity contribution in [1.82, 2.24) is 4.72 Å². The summed E-state index contributed by atoms with van der Waals surface area (Å²) in [5.74, 6) is 0.466. The fourth-order valence-electron chi connectivity index (χ4n) is 1.54. The lowest BCUT2D eigenvalue weighted by molar-refractivity contribution is 0.180. The van der Waals surface area contributed by atoms with Crippen LogP contribution in [0, 0.1) is 0 Å². The standard InChI is InChI=1S/C12H18ClNO4S/c1-4-18-12-6-5-10(7-11(12)13)19(15,16)14-9(2)8-17-3/h5-7,9,14H,4,8H2,1-3H3/t9-/m1/s1. The Morgan fingerprint density at radius 1 is 1.42 bits per heavy atom. The first kappa shape index (κ1) is 16.2. The molecule has 7 heteroatoms. The summed E-state index contributed by atoms with van der Waals surface area (Å²) in [4.78, 5) is 0.101. The summed E-state index contributed by atoms with van der Waals surface area (Å²) in [6, 6.07) is 4.05. The Kier molecular flexibility index (Phi) is 6.06. The monoisotopic (exact) mass is 307 g/mol. The number of halogens is 1. The van der Waals surface area contributed by atoms with Gasteiger partial charge in [0.1, 0.15) is 5.75 Å². The van der Waals surface area contributed by atoms with Crippen molar-refractivity contribution in [3.8, 4) is 5.75 Å². The van der Waals surface area contributed by atoms with E-state index in [1.165, 1.54) is 19.2 Å². The van der Waals surface area contributed by atoms with Crippen molar-refractivity contribution in [3.63, 3.8) is 0 Å². The van der Waals surface area contributed by atoms with Gasteiger partial charge in [0.05, 0.1) is 23.1 Å². The van der Waals surface area contributed by atoms with Gasteiger partial charge >= 0.3 is 0 Å². The number of hydrogen-bond donors (Lipinski definition) is 1. The lowest BCUT2D eigenvalue weighted by atomic mass is 10.3. The van der Waals surface area contributed by atoms with Crippen LogP contribution < -0.4 is 9.46 Å². The Balaban J connectivity index is 2.93. The molecule has 0 heterocycles. The molecule has 0 spiro atoms. The van der Waals surface area contributed by atoms with Crippen LogP contribution in [0.15, 0.2) is 23.1 Å². The van der Waals surface area contributed by atoms with Gasteiger partial charge in [-0.1, -0.05) is 11.6 Å². The number of nitrogens with one attached hydrogen (secondary N) is 1. The molecule has 0 aliphatic carbocycles. The van der Waals surface area contributed by atoms with E-state index in [0.717, 1.165) is 0 Å². The second kappa shape index (κ2) is 7.09. The molecule has 1 rings (SSSR count). The number of methoxy groups -OCH3 is 1. The Morgan fingerprint density at radius 3 is 2.63 bits per heavy atom. The summed E-state index contributed by atoms with van der Waals surface area (Å²) in [7, 11) is -2.09. The molecule has 1 aromatic rings. The predicted octanol–water partition coefficient (Wildman–Crippen LogP) is 2.05. The summed E-state index contributed by atoms with van der Waals surface area (Å²) in [6.45, 7) is 4.31. The second-order valence-corrected chi connectivity index (χ2v) is 6.12. The highest BCUT2D eigenvalue weighted by molar-refractivity contribution is 7.89. The molecule has 0 unspecified atom stereocenters. The van der Waals surface area contributed by atoms with Gasteiger partial charge in [-0.25, -0.2) is 13.1 Å². The largest absolute Gasteiger partial charge is 0.492 e. The topological polar surface area (TPSA) is 64.6 Å². The van der Waals surface area contributed by atoms with Crippen LogP contribution >= 0.6 is 11.6 Å². The highest BCUT2D eigenvalue weighted by atomic mass is 35.5. The first-order chi connectivity index (χ1) is 8.90. The average molecular weight is 308 g/mol. The minimum absolute atomic E-state index is 0.101. The summed E-state index contributed by atoms with van der Waals surface area (Å²) >= 11 is 5.97. The molecule has 0 aliphatic heterocycles. The summed E-state index contributed by atoms with van der Waals surface area (Å²) in [5.41, 5.74) is 0. The number of benzene rings is 1. The van der Waals surface area contributed by atoms with E-state index in [4.69, 9.17) is 21.1 Å². The van der Waals surface area contributed by atoms with Gasteiger partial charge in [-0.15, -0.1) is 0 Å². The van der Waals surface area contributed by atoms with E-state index in [0.29, 0.717) is 19.0 Å². The highest BCUT2D eigenvalue weighted by Gasteiger charge is 2.18. The van der Waals surface area contributed by atoms with Crippen LogP contribution in [-0.4, -0.2) is 34.8 Å². The van der Waals surface area contributed by atoms with Gasteiger partial charge in [0.15, 0.2) is 0 Å². The van der Waals surface area contributed by atoms with Crippen LogP contribution in [0.2, 0.25) is 5.02 Å². The smallest absolute Gasteiger partial charge is 0.240 e. The molecule has 0 amide bonds. The zero-order valence-corrected chi connectivity index (χ0v) is 12.7. The third-order valence-electron chi connectivity index (χ3n) is 2.29. The molecule has 0 bridgehead atoms. The molecular formula is C12H18ClNO4S. The van der Waals surface area contributed by atoms with Gasteiger partial charge in [-0.3, -0.25) is 0 Å². The van der Waals surface area contributed by atoms with E-state index >= 15 is 0 Å². The van der Waals surface area contributed by atoms with Crippen LogP contribution in [0.5, 0.6) is 5.75 Å². The van der Waals surface area contributed by atoms with Crippen LogP contribution in [-0.2, 0) is 14.8 Å². The summed E-state index contributed by atoms with van der Waals surface area (Å²) < 4.78 is 36.8. The SMILES string of the molecule is CCOc1ccc(S(=O)(=O)N[C@H](C)COC)cc1Cl. The van der Waals surface area contributed by atoms with Crippen molar-refractivity contribution in [1.29, 1.82) is 0 Å². The molecule has 0 saturated heterocycles. The molecule has 19 heavy (non-hydrogen) atoms. The first-order valence-electron chi connectivity index (χ1n) is 5.84. The van der Waals surface area contributed by atoms with E-state index in [2.05, 4.69) is 4.72 Å². The van der Waals surface area contributed by atoms with E-state index in [1.807, 2.05) is 6.92 Å². The maximum atomic E-state index is 12.1. The van der Waals surface area contributed by atoms with Crippen molar-refractivity contribution >= 4 is 21.6 Å². The third kappa shape index (κ3) is 4.65. The molecule has 5 nitrogen and oxygen atoms in total. The molecule has 1 atom stereocenters. The van der Waals surface area contributed by atoms with Gasteiger partial charge < -0.3 is 9.47 Å². The predicted molar refractivity (Wildman–Crippen MR) is 74.3 cm³/mol. The lowest BCUT2D eigenvalue weighted by Gasteiger charge is -2.14. The Morgan fingerprint density at radius 2 is 2.11 bits per heavy atom. The molecule has 0 aliphatic rings. The minimum Gasteiger partial charge on any atom is -0.492 e. The molecule has 1 N–H and O–H groups in total. The summed E-state index contributed by atoms with van der Waals surface area (Å²) in [6.07, 6.45) is 0. The van der Waals surface area contributed by atoms with Crippen LogP contribution in [0.3, 0.4) is 0 Å². The van der Waals surface area contributed by atoms with Gasteiger partial charge in [-0.2, -0.15) is 0 Å². The average Bonchev–Trinajstić information content (AvgIpc) is 2.31. The number of hydrogen-bond acceptors (Lipinski definition) is 4. The third-order valence-corrected chi connectivity index (χ3v) is 4.17. The van der Waals surface area contributed by atoms with Crippen molar-refractivity contribution in [2.24, 2.45) is 0 Å². The van der Waals surface area contributed by atoms with Gasteiger partial charge in [0.25, 0.3) is 0 Å². The molecule has 1 aromatic carbocycles. The lowest BCUT2D eigenvalue weighted by Crippen LogP contribution is -2.35. The van der Waals surface area contributed by atoms with Gasteiger partial charge in [0.2, 0.25) is 10.0 Å². The zero-order valence-electron chi connectivity index (χ0n) is 11.1. The molecule has 0 radical (unpaired) electrons. The maximum Gasteiger partial charge on any atom is 0.240 e. The molecule has 108 valence electrons. The molecule has 0 saturated carbocycles. The number of ether oxygens (including phenoxy) is 2. The van der Waals surface area contributed by atoms with E-state index in [1.54, 1.807) is 13.0 Å². The fraction of sp³-hybridized carbons (Fsp3) is 0.500. The first-order valence-corrected chi connectivity index (χ1v) is 7.70. The summed E-state index contributed by atoms with van der Waals surface area (Å²) in [5, 5.41) is 0.268. The Labute approximate surface area is 118 Å². The minimum atomic E-state index is -3.61. The van der Waals surface area contributed by atoms with Crippen LogP contribution in [0.1, 0.15) is 13.8 Å². The second-order valence-electron chi connectivity index (χ2n) is 4.00. The van der Waals surface area contributed by atoms with Crippen molar-refractivity contribution in [2.75, 3.05) is 20.3 Å². The van der Waals surface area contributed by atoms with Crippen molar-refractivity contribution in [3.05, 3.63) is 23.2 Å². The normalized spacial score (nSPS) is 13.3. The molecule has 0 aromatic heterocycles. The molecular weight excluding hydrogens is 290 g/mol. The zero-order chi connectivity index (χ0) is 14.5. The maximum absolute atomic E-state index is 12.1. The van der Waals surface area contributed by atoms with Crippen LogP contribution in [0.4, 0.5) is 0 Å². The van der Waals surface area contributed by atoms with Gasteiger partial charge in [0, 0.05) is 13.2 Å². The highest BCUT2D eigenvalue weighted by Crippen LogP contribution is 2.27. The fourth-order valence-corrected chi connectivity index (χ4v) is 3.09. The van der Waals surface area contributed by atoms with E-state index in [-0.39, 0.29) is 16.0 Å². The van der Waals surface area contributed by atoms with E-state index in [9.17, 15) is 8.42 Å². The quantitative estimate of drug-likeness (QED) is 0.837. The Bertz CT molecular complexity index is 518. The van der Waals surface area contributed by atoms with Crippen molar-refractivity contribution < 1.29 is 17.9 Å². The van der Waals surface area contributed by atoms with E-state index < -0.39 is 10.0 Å². The number of rotatable bonds is 7. The molecule has 0 fully saturated rings. The van der Waals surface area contributed by atoms with Gasteiger partial charge in [-0.05, 0) is 32.0 Å². The van der Waals surface area contributed by atoms with Crippen LogP contribution in [0.25, 0.3) is 0 Å². The number of sulfonamides is 1. The van der Waals surface area contributed by atoms with Crippen molar-refractivity contribution in [2.45, 2.75) is 24.8 Å².